The molecule has 27 heavy (non-hydrogen) atoms. The van der Waals surface area contributed by atoms with E-state index in [1.54, 1.807) is 36.4 Å². The number of benzene rings is 2. The topological polar surface area (TPSA) is 120 Å². The molecule has 2 aromatic rings. The van der Waals surface area contributed by atoms with Crippen LogP contribution in [0.4, 0.5) is 17.1 Å². The van der Waals surface area contributed by atoms with Crippen LogP contribution in [0.5, 0.6) is 11.5 Å². The Balaban J connectivity index is 1.96. The number of methoxy groups -OCH3 is 1. The molecule has 146 valence electrons. The van der Waals surface area contributed by atoms with Crippen molar-refractivity contribution in [3.8, 4) is 11.5 Å². The quantitative estimate of drug-likeness (QED) is 0.593. The number of carbonyl (C=O) groups excluding carboxylic acids is 1. The SMILES string of the molecule is COc1ccc(NC(=O)CS(=O)(=O)Nc2ccc(OC(C)C)cc2)cc1N. The molecule has 0 spiro atoms. The molecule has 0 unspecified atom stereocenters. The minimum atomic E-state index is -3.87. The molecular weight excluding hydrogens is 370 g/mol. The van der Waals surface area contributed by atoms with E-state index in [9.17, 15) is 13.2 Å². The van der Waals surface area contributed by atoms with E-state index in [0.717, 1.165) is 0 Å². The third-order valence-corrected chi connectivity index (χ3v) is 4.52. The highest BCUT2D eigenvalue weighted by Gasteiger charge is 2.17. The van der Waals surface area contributed by atoms with Crippen molar-refractivity contribution in [3.63, 3.8) is 0 Å². The van der Waals surface area contributed by atoms with Crippen molar-refractivity contribution >= 4 is 33.0 Å². The summed E-state index contributed by atoms with van der Waals surface area (Å²) in [6, 6.07) is 11.1. The van der Waals surface area contributed by atoms with Gasteiger partial charge in [0.2, 0.25) is 15.9 Å². The molecule has 0 radical (unpaired) electrons. The largest absolute Gasteiger partial charge is 0.495 e. The van der Waals surface area contributed by atoms with Crippen molar-refractivity contribution < 1.29 is 22.7 Å². The maximum atomic E-state index is 12.2. The van der Waals surface area contributed by atoms with E-state index in [1.807, 2.05) is 13.8 Å². The minimum absolute atomic E-state index is 0.0169. The Morgan fingerprint density at radius 1 is 1.11 bits per heavy atom. The van der Waals surface area contributed by atoms with Crippen LogP contribution < -0.4 is 25.2 Å². The lowest BCUT2D eigenvalue weighted by Crippen LogP contribution is -2.27. The van der Waals surface area contributed by atoms with Crippen LogP contribution >= 0.6 is 0 Å². The summed E-state index contributed by atoms with van der Waals surface area (Å²) in [5.74, 6) is -0.329. The lowest BCUT2D eigenvalue weighted by molar-refractivity contribution is -0.113. The lowest BCUT2D eigenvalue weighted by Gasteiger charge is -2.12. The van der Waals surface area contributed by atoms with E-state index in [2.05, 4.69) is 10.0 Å². The smallest absolute Gasteiger partial charge is 0.241 e. The number of carbonyl (C=O) groups is 1. The van der Waals surface area contributed by atoms with Crippen LogP contribution in [-0.4, -0.2) is 33.3 Å². The molecule has 0 fully saturated rings. The van der Waals surface area contributed by atoms with Gasteiger partial charge in [0, 0.05) is 11.4 Å². The molecule has 1 amide bonds. The maximum Gasteiger partial charge on any atom is 0.241 e. The second kappa shape index (κ2) is 8.63. The van der Waals surface area contributed by atoms with Gasteiger partial charge in [-0.2, -0.15) is 0 Å². The molecular formula is C18H23N3O5S. The summed E-state index contributed by atoms with van der Waals surface area (Å²) in [4.78, 5) is 12.0. The van der Waals surface area contributed by atoms with E-state index >= 15 is 0 Å². The molecule has 2 rings (SSSR count). The maximum absolute atomic E-state index is 12.2. The summed E-state index contributed by atoms with van der Waals surface area (Å²) in [6.45, 7) is 3.79. The fourth-order valence-corrected chi connectivity index (χ4v) is 3.26. The van der Waals surface area contributed by atoms with E-state index in [-0.39, 0.29) is 6.10 Å². The number of hydrogen-bond donors (Lipinski definition) is 3. The van der Waals surface area contributed by atoms with Crippen LogP contribution in [0.3, 0.4) is 0 Å². The highest BCUT2D eigenvalue weighted by atomic mass is 32.2. The summed E-state index contributed by atoms with van der Waals surface area (Å²) in [5.41, 5.74) is 6.81. The predicted octanol–water partition coefficient (Wildman–Crippen LogP) is 2.44. The van der Waals surface area contributed by atoms with Crippen LogP contribution in [0.1, 0.15) is 13.8 Å². The molecule has 8 nitrogen and oxygen atoms in total. The van der Waals surface area contributed by atoms with Gasteiger partial charge >= 0.3 is 0 Å². The number of nitrogens with two attached hydrogens (primary N) is 1. The van der Waals surface area contributed by atoms with E-state index in [0.29, 0.717) is 28.6 Å². The van der Waals surface area contributed by atoms with E-state index in [4.69, 9.17) is 15.2 Å². The van der Waals surface area contributed by atoms with Crippen LogP contribution in [-0.2, 0) is 14.8 Å². The zero-order valence-corrected chi connectivity index (χ0v) is 16.2. The number of hydrogen-bond acceptors (Lipinski definition) is 6. The van der Waals surface area contributed by atoms with Crippen molar-refractivity contribution in [3.05, 3.63) is 42.5 Å². The van der Waals surface area contributed by atoms with Crippen molar-refractivity contribution in [2.24, 2.45) is 0 Å². The molecule has 0 aliphatic carbocycles. The average Bonchev–Trinajstić information content (AvgIpc) is 2.55. The number of nitrogens with one attached hydrogen (secondary N) is 2. The Bertz CT molecular complexity index is 896. The third kappa shape index (κ3) is 6.37. The number of ether oxygens (including phenoxy) is 2. The van der Waals surface area contributed by atoms with Gasteiger partial charge in [-0.15, -0.1) is 0 Å². The monoisotopic (exact) mass is 393 g/mol. The first-order valence-electron chi connectivity index (χ1n) is 8.19. The molecule has 0 saturated carbocycles. The molecule has 0 aromatic heterocycles. The zero-order valence-electron chi connectivity index (χ0n) is 15.4. The summed E-state index contributed by atoms with van der Waals surface area (Å²) in [6.07, 6.45) is 0.0169. The summed E-state index contributed by atoms with van der Waals surface area (Å²) in [5, 5.41) is 2.49. The van der Waals surface area contributed by atoms with Crippen LogP contribution in [0.25, 0.3) is 0 Å². The third-order valence-electron chi connectivity index (χ3n) is 3.33. The molecule has 0 bridgehead atoms. The Morgan fingerprint density at radius 2 is 1.74 bits per heavy atom. The first-order valence-corrected chi connectivity index (χ1v) is 9.84. The standard InChI is InChI=1S/C18H23N3O5S/c1-12(2)26-15-7-4-13(5-8-15)21-27(23,24)11-18(22)20-14-6-9-17(25-3)16(19)10-14/h4-10,12,21H,11,19H2,1-3H3,(H,20,22). The highest BCUT2D eigenvalue weighted by Crippen LogP contribution is 2.24. The number of amides is 1. The molecule has 0 atom stereocenters. The Kier molecular flexibility index (Phi) is 6.51. The number of nitrogen functional groups attached to an aromatic ring is 1. The second-order valence-corrected chi connectivity index (χ2v) is 7.78. The van der Waals surface area contributed by atoms with Crippen molar-refractivity contribution in [1.82, 2.24) is 0 Å². The number of anilines is 3. The fourth-order valence-electron chi connectivity index (χ4n) is 2.27. The van der Waals surface area contributed by atoms with Gasteiger partial charge in [0.25, 0.3) is 0 Å². The second-order valence-electron chi connectivity index (χ2n) is 6.06. The predicted molar refractivity (Wildman–Crippen MR) is 106 cm³/mol. The van der Waals surface area contributed by atoms with Gasteiger partial charge in [-0.1, -0.05) is 0 Å². The summed E-state index contributed by atoms with van der Waals surface area (Å²) < 4.78 is 37.2. The molecule has 2 aromatic carbocycles. The number of rotatable bonds is 8. The Labute approximate surface area is 158 Å². The van der Waals surface area contributed by atoms with Gasteiger partial charge in [0.1, 0.15) is 17.3 Å². The first-order chi connectivity index (χ1) is 12.7. The van der Waals surface area contributed by atoms with Crippen molar-refractivity contribution in [2.75, 3.05) is 28.6 Å². The van der Waals surface area contributed by atoms with E-state index < -0.39 is 21.7 Å². The summed E-state index contributed by atoms with van der Waals surface area (Å²) >= 11 is 0. The van der Waals surface area contributed by atoms with E-state index in [1.165, 1.54) is 13.2 Å². The van der Waals surface area contributed by atoms with Crippen LogP contribution in [0.2, 0.25) is 0 Å². The van der Waals surface area contributed by atoms with Crippen molar-refractivity contribution in [2.45, 2.75) is 20.0 Å². The van der Waals surface area contributed by atoms with Gasteiger partial charge in [-0.25, -0.2) is 8.42 Å². The average molecular weight is 393 g/mol. The fraction of sp³-hybridized carbons (Fsp3) is 0.278. The van der Waals surface area contributed by atoms with Gasteiger partial charge in [-0.05, 0) is 56.3 Å². The normalized spacial score (nSPS) is 11.1. The molecule has 0 heterocycles. The zero-order chi connectivity index (χ0) is 20.0. The Hall–Kier alpha value is -2.94. The Morgan fingerprint density at radius 3 is 2.30 bits per heavy atom. The van der Waals surface area contributed by atoms with Gasteiger partial charge in [0.05, 0.1) is 18.9 Å². The molecule has 0 aliphatic heterocycles. The van der Waals surface area contributed by atoms with Crippen molar-refractivity contribution in [1.29, 1.82) is 0 Å². The van der Waals surface area contributed by atoms with Crippen LogP contribution in [0, 0.1) is 0 Å². The number of sulfonamides is 1. The molecule has 4 N–H and O–H groups in total. The minimum Gasteiger partial charge on any atom is -0.495 e. The van der Waals surface area contributed by atoms with Gasteiger partial charge in [0.15, 0.2) is 0 Å². The van der Waals surface area contributed by atoms with Crippen LogP contribution in [0.15, 0.2) is 42.5 Å². The summed E-state index contributed by atoms with van der Waals surface area (Å²) in [7, 11) is -2.40. The molecule has 0 aliphatic rings. The highest BCUT2D eigenvalue weighted by molar-refractivity contribution is 7.93. The first kappa shape index (κ1) is 20.4. The lowest BCUT2D eigenvalue weighted by atomic mass is 10.2. The molecule has 0 saturated heterocycles. The molecule has 9 heteroatoms. The van der Waals surface area contributed by atoms with Gasteiger partial charge in [-0.3, -0.25) is 9.52 Å². The van der Waals surface area contributed by atoms with Gasteiger partial charge < -0.3 is 20.5 Å².